The Balaban J connectivity index is 2.21. The number of fused-ring (bicyclic) bond motifs is 1. The molecule has 2 heterocycles. The molecule has 4 N–H and O–H groups in total. The summed E-state index contributed by atoms with van der Waals surface area (Å²) >= 11 is 0. The monoisotopic (exact) mass is 596 g/mol. The van der Waals surface area contributed by atoms with E-state index in [2.05, 4.69) is 27.1 Å². The van der Waals surface area contributed by atoms with Crippen molar-refractivity contribution in [2.24, 2.45) is 5.92 Å². The standard InChI is InChI=1S/C28H49N6O6P/c1-9-10-11-14-38-27(36)28(7,8)33-41(37,32-23(19(2)3)15-24(35)40-20(4)5)18-39-21(6)16-34-17-31-25-22(29)12-13-30-26(25)34/h12-13,17,19-21,23H,9-11,14-16,18H2,1-8H3,(H2,29,30)(H2,32,33,37)/t21-,23+,41-/m1/s1. The topological polar surface area (TPSA) is 160 Å². The third-order valence-corrected chi connectivity index (χ3v) is 8.60. The van der Waals surface area contributed by atoms with Gasteiger partial charge in [0, 0.05) is 12.2 Å². The van der Waals surface area contributed by atoms with Crippen molar-refractivity contribution in [1.82, 2.24) is 24.7 Å². The third kappa shape index (κ3) is 11.0. The molecule has 2 aromatic rings. The van der Waals surface area contributed by atoms with Crippen LogP contribution in [0.15, 0.2) is 18.6 Å². The van der Waals surface area contributed by atoms with Crippen LogP contribution in [0.25, 0.3) is 11.2 Å². The minimum Gasteiger partial charge on any atom is -0.464 e. The molecule has 0 aliphatic heterocycles. The fourth-order valence-corrected chi connectivity index (χ4v) is 6.75. The first-order valence-electron chi connectivity index (χ1n) is 14.4. The van der Waals surface area contributed by atoms with Crippen molar-refractivity contribution in [2.75, 3.05) is 18.7 Å². The molecule has 0 radical (unpaired) electrons. The number of nitrogens with zero attached hydrogens (tertiary/aromatic N) is 3. The Kier molecular flexibility index (Phi) is 13.2. The minimum absolute atomic E-state index is 0.00702. The van der Waals surface area contributed by atoms with Crippen molar-refractivity contribution in [3.05, 3.63) is 18.6 Å². The van der Waals surface area contributed by atoms with Gasteiger partial charge in [0.2, 0.25) is 7.44 Å². The van der Waals surface area contributed by atoms with Gasteiger partial charge in [-0.1, -0.05) is 33.6 Å². The number of hydrogen-bond donors (Lipinski definition) is 3. The highest BCUT2D eigenvalue weighted by atomic mass is 31.2. The number of carbonyl (C=O) groups excluding carboxylic acids is 2. The molecule has 13 heteroatoms. The summed E-state index contributed by atoms with van der Waals surface area (Å²) in [5, 5.41) is 6.14. The van der Waals surface area contributed by atoms with Crippen LogP contribution < -0.4 is 15.9 Å². The lowest BCUT2D eigenvalue weighted by Gasteiger charge is -2.34. The van der Waals surface area contributed by atoms with Gasteiger partial charge in [0.25, 0.3) is 0 Å². The third-order valence-electron chi connectivity index (χ3n) is 6.41. The molecular weight excluding hydrogens is 547 g/mol. The van der Waals surface area contributed by atoms with Crippen LogP contribution in [0.4, 0.5) is 5.69 Å². The first-order chi connectivity index (χ1) is 19.2. The number of esters is 2. The van der Waals surface area contributed by atoms with E-state index in [1.165, 1.54) is 0 Å². The van der Waals surface area contributed by atoms with E-state index in [-0.39, 0.29) is 31.4 Å². The smallest absolute Gasteiger partial charge is 0.326 e. The summed E-state index contributed by atoms with van der Waals surface area (Å²) in [6.07, 6.45) is 5.05. The highest BCUT2D eigenvalue weighted by molar-refractivity contribution is 7.59. The van der Waals surface area contributed by atoms with Crippen LogP contribution in [0, 0.1) is 5.92 Å². The number of unbranched alkanes of at least 4 members (excludes halogenated alkanes) is 2. The summed E-state index contributed by atoms with van der Waals surface area (Å²) < 4.78 is 33.1. The summed E-state index contributed by atoms with van der Waals surface area (Å²) in [4.78, 5) is 34.1. The van der Waals surface area contributed by atoms with Crippen LogP contribution in [0.5, 0.6) is 0 Å². The Morgan fingerprint density at radius 1 is 1.15 bits per heavy atom. The second-order valence-corrected chi connectivity index (χ2v) is 13.8. The largest absolute Gasteiger partial charge is 0.464 e. The highest BCUT2D eigenvalue weighted by Gasteiger charge is 2.39. The summed E-state index contributed by atoms with van der Waals surface area (Å²) in [7, 11) is -3.63. The number of pyridine rings is 1. The molecule has 3 atom stereocenters. The predicted octanol–water partition coefficient (Wildman–Crippen LogP) is 4.63. The first kappa shape index (κ1) is 34.7. The number of aromatic nitrogens is 3. The Morgan fingerprint density at radius 3 is 2.49 bits per heavy atom. The number of nitrogens with one attached hydrogen (secondary N) is 2. The van der Waals surface area contributed by atoms with E-state index < -0.39 is 37.1 Å². The summed E-state index contributed by atoms with van der Waals surface area (Å²) in [6.45, 7) is 15.2. The second-order valence-electron chi connectivity index (χ2n) is 11.6. The lowest BCUT2D eigenvalue weighted by Crippen LogP contribution is -2.50. The molecule has 2 aromatic heterocycles. The van der Waals surface area contributed by atoms with Crippen molar-refractivity contribution in [3.8, 4) is 0 Å². The van der Waals surface area contributed by atoms with Gasteiger partial charge in [0.1, 0.15) is 17.4 Å². The van der Waals surface area contributed by atoms with E-state index in [1.54, 1.807) is 46.3 Å². The van der Waals surface area contributed by atoms with Crippen LogP contribution in [-0.2, 0) is 34.9 Å². The van der Waals surface area contributed by atoms with Gasteiger partial charge in [-0.2, -0.15) is 0 Å². The molecule has 0 aliphatic carbocycles. The molecule has 0 saturated heterocycles. The number of ether oxygens (including phenoxy) is 3. The molecule has 12 nitrogen and oxygen atoms in total. The van der Waals surface area contributed by atoms with Gasteiger partial charge in [-0.25, -0.2) is 20.1 Å². The van der Waals surface area contributed by atoms with Gasteiger partial charge < -0.3 is 24.5 Å². The zero-order chi connectivity index (χ0) is 30.8. The lowest BCUT2D eigenvalue weighted by atomic mass is 10.0. The average molecular weight is 597 g/mol. The molecule has 0 aliphatic rings. The molecular formula is C28H49N6O6P. The van der Waals surface area contributed by atoms with Crippen molar-refractivity contribution in [2.45, 2.75) is 111 Å². The number of anilines is 1. The fraction of sp³-hybridized carbons (Fsp3) is 0.714. The molecule has 0 unspecified atom stereocenters. The number of imidazole rings is 1. The van der Waals surface area contributed by atoms with E-state index in [4.69, 9.17) is 19.9 Å². The zero-order valence-electron chi connectivity index (χ0n) is 25.8. The number of rotatable bonds is 18. The maximum Gasteiger partial charge on any atom is 0.326 e. The molecule has 232 valence electrons. The van der Waals surface area contributed by atoms with Crippen molar-refractivity contribution in [1.29, 1.82) is 0 Å². The van der Waals surface area contributed by atoms with Gasteiger partial charge in [-0.05, 0) is 53.0 Å². The Labute approximate surface area is 244 Å². The molecule has 0 bridgehead atoms. The summed E-state index contributed by atoms with van der Waals surface area (Å²) in [5.41, 5.74) is 6.46. The molecule has 0 saturated carbocycles. The summed E-state index contributed by atoms with van der Waals surface area (Å²) in [6, 6.07) is 1.19. The minimum atomic E-state index is -3.63. The predicted molar refractivity (Wildman–Crippen MR) is 160 cm³/mol. The van der Waals surface area contributed by atoms with Gasteiger partial charge in [0.15, 0.2) is 5.65 Å². The fourth-order valence-electron chi connectivity index (χ4n) is 4.16. The van der Waals surface area contributed by atoms with E-state index >= 15 is 0 Å². The Bertz CT molecular complexity index is 1180. The number of nitrogens with two attached hydrogens (primary N) is 1. The van der Waals surface area contributed by atoms with Crippen molar-refractivity contribution < 1.29 is 28.4 Å². The Hall–Kier alpha value is -2.53. The van der Waals surface area contributed by atoms with Crippen LogP contribution in [0.1, 0.15) is 81.1 Å². The molecule has 0 aromatic carbocycles. The molecule has 41 heavy (non-hydrogen) atoms. The quantitative estimate of drug-likeness (QED) is 0.125. The lowest BCUT2D eigenvalue weighted by molar-refractivity contribution is -0.150. The SMILES string of the molecule is CCCCCOC(=O)C(C)(C)N[P@@](=O)(CO[C@H](C)Cn1cnc2c(N)ccnc21)N[C@@H](CC(=O)OC(C)C)C(C)C. The van der Waals surface area contributed by atoms with E-state index in [0.29, 0.717) is 23.4 Å². The molecule has 0 amide bonds. The van der Waals surface area contributed by atoms with E-state index in [9.17, 15) is 14.2 Å². The number of carbonyl (C=O) groups is 2. The van der Waals surface area contributed by atoms with Gasteiger partial charge >= 0.3 is 11.9 Å². The van der Waals surface area contributed by atoms with E-state index in [0.717, 1.165) is 19.3 Å². The second kappa shape index (κ2) is 15.6. The highest BCUT2D eigenvalue weighted by Crippen LogP contribution is 2.41. The maximum absolute atomic E-state index is 14.4. The van der Waals surface area contributed by atoms with Crippen LogP contribution in [0.3, 0.4) is 0 Å². The maximum atomic E-state index is 14.4. The summed E-state index contributed by atoms with van der Waals surface area (Å²) in [5.74, 6) is -0.988. The molecule has 2 rings (SSSR count). The average Bonchev–Trinajstić information content (AvgIpc) is 3.28. The zero-order valence-corrected chi connectivity index (χ0v) is 26.7. The molecule has 0 fully saturated rings. The number of hydrogen-bond acceptors (Lipinski definition) is 9. The van der Waals surface area contributed by atoms with Crippen molar-refractivity contribution in [3.63, 3.8) is 0 Å². The van der Waals surface area contributed by atoms with Crippen LogP contribution in [0.2, 0.25) is 0 Å². The molecule has 0 spiro atoms. The van der Waals surface area contributed by atoms with Gasteiger partial charge in [-0.3, -0.25) is 14.2 Å². The van der Waals surface area contributed by atoms with E-state index in [1.807, 2.05) is 25.3 Å². The normalized spacial score (nSPS) is 15.2. The first-order valence-corrected chi connectivity index (χ1v) is 16.3. The van der Waals surface area contributed by atoms with Crippen LogP contribution >= 0.6 is 7.44 Å². The van der Waals surface area contributed by atoms with Crippen LogP contribution in [-0.4, -0.2) is 63.2 Å². The number of nitrogen functional groups attached to an aromatic ring is 1. The Morgan fingerprint density at radius 2 is 1.85 bits per heavy atom. The van der Waals surface area contributed by atoms with Gasteiger partial charge in [0.05, 0.1) is 43.8 Å². The van der Waals surface area contributed by atoms with Crippen molar-refractivity contribution >= 4 is 36.2 Å². The van der Waals surface area contributed by atoms with Gasteiger partial charge in [-0.15, -0.1) is 0 Å².